The van der Waals surface area contributed by atoms with E-state index in [9.17, 15) is 4.79 Å². The van der Waals surface area contributed by atoms with Gasteiger partial charge in [0.05, 0.1) is 11.6 Å². The van der Waals surface area contributed by atoms with Crippen LogP contribution in [0, 0.1) is 6.92 Å². The molecule has 90 valence electrons. The molecule has 0 radical (unpaired) electrons. The summed E-state index contributed by atoms with van der Waals surface area (Å²) in [7, 11) is 0. The first-order valence-corrected chi connectivity index (χ1v) is 6.49. The van der Waals surface area contributed by atoms with Gasteiger partial charge in [0, 0.05) is 17.8 Å². The predicted molar refractivity (Wildman–Crippen MR) is 68.1 cm³/mol. The maximum atomic E-state index is 12.0. The molecule has 0 aliphatic rings. The van der Waals surface area contributed by atoms with Crippen molar-refractivity contribution in [3.8, 4) is 0 Å². The molecule has 2 heterocycles. The van der Waals surface area contributed by atoms with Crippen LogP contribution in [0.4, 0.5) is 0 Å². The van der Waals surface area contributed by atoms with Crippen LogP contribution in [0.15, 0.2) is 23.2 Å². The Kier molecular flexibility index (Phi) is 3.58. The van der Waals surface area contributed by atoms with Crippen LogP contribution in [0.1, 0.15) is 41.1 Å². The van der Waals surface area contributed by atoms with E-state index in [1.807, 2.05) is 24.6 Å². The summed E-state index contributed by atoms with van der Waals surface area (Å²) in [6.07, 6.45) is 4.27. The van der Waals surface area contributed by atoms with E-state index >= 15 is 0 Å². The van der Waals surface area contributed by atoms with E-state index in [1.165, 1.54) is 0 Å². The second-order valence-corrected chi connectivity index (χ2v) is 4.62. The number of imidazole rings is 1. The summed E-state index contributed by atoms with van der Waals surface area (Å²) < 4.78 is 0. The first-order valence-electron chi connectivity index (χ1n) is 5.55. The molecule has 0 fully saturated rings. The zero-order valence-corrected chi connectivity index (χ0v) is 10.7. The number of aryl methyl sites for hydroxylation is 1. The Hall–Kier alpha value is -1.62. The molecular formula is C12H15N3OS. The Bertz CT molecular complexity index is 490. The molecule has 17 heavy (non-hydrogen) atoms. The van der Waals surface area contributed by atoms with Gasteiger partial charge in [0.1, 0.15) is 5.82 Å². The minimum absolute atomic E-state index is 0.0352. The smallest absolute Gasteiger partial charge is 0.252 e. The Morgan fingerprint density at radius 3 is 2.94 bits per heavy atom. The molecular weight excluding hydrogens is 234 g/mol. The standard InChI is InChI=1S/C12H15N3OS/c1-3-10(11-13-4-5-14-11)15-12(16)9-7-17-6-8(9)2/h4-7,10H,3H2,1-2H3,(H,13,14)(H,15,16). The molecule has 0 aliphatic carbocycles. The topological polar surface area (TPSA) is 57.8 Å². The van der Waals surface area contributed by atoms with Crippen molar-refractivity contribution in [3.05, 3.63) is 40.1 Å². The van der Waals surface area contributed by atoms with Gasteiger partial charge < -0.3 is 10.3 Å². The third-order valence-electron chi connectivity index (χ3n) is 2.66. The second-order valence-electron chi connectivity index (χ2n) is 3.88. The van der Waals surface area contributed by atoms with E-state index in [2.05, 4.69) is 15.3 Å². The third-order valence-corrected chi connectivity index (χ3v) is 3.52. The fourth-order valence-electron chi connectivity index (χ4n) is 1.66. The molecule has 0 spiro atoms. The highest BCUT2D eigenvalue weighted by Crippen LogP contribution is 2.17. The summed E-state index contributed by atoms with van der Waals surface area (Å²) in [4.78, 5) is 19.3. The van der Waals surface area contributed by atoms with E-state index in [1.54, 1.807) is 23.7 Å². The van der Waals surface area contributed by atoms with Gasteiger partial charge in [-0.1, -0.05) is 6.92 Å². The zero-order valence-electron chi connectivity index (χ0n) is 9.86. The molecule has 1 unspecified atom stereocenters. The van der Waals surface area contributed by atoms with Gasteiger partial charge >= 0.3 is 0 Å². The molecule has 0 saturated heterocycles. The highest BCUT2D eigenvalue weighted by Gasteiger charge is 2.17. The van der Waals surface area contributed by atoms with Crippen molar-refractivity contribution in [2.45, 2.75) is 26.3 Å². The van der Waals surface area contributed by atoms with Crippen LogP contribution >= 0.6 is 11.3 Å². The number of carbonyl (C=O) groups excluding carboxylic acids is 1. The first kappa shape index (κ1) is 11.9. The maximum Gasteiger partial charge on any atom is 0.252 e. The fraction of sp³-hybridized carbons (Fsp3) is 0.333. The summed E-state index contributed by atoms with van der Waals surface area (Å²) in [5.74, 6) is 0.765. The van der Waals surface area contributed by atoms with E-state index in [0.29, 0.717) is 0 Å². The van der Waals surface area contributed by atoms with Crippen LogP contribution in [-0.2, 0) is 0 Å². The van der Waals surface area contributed by atoms with Crippen LogP contribution in [0.3, 0.4) is 0 Å². The lowest BCUT2D eigenvalue weighted by Gasteiger charge is -2.14. The largest absolute Gasteiger partial charge is 0.347 e. The monoisotopic (exact) mass is 249 g/mol. The van der Waals surface area contributed by atoms with Crippen molar-refractivity contribution in [2.75, 3.05) is 0 Å². The fourth-order valence-corrected chi connectivity index (χ4v) is 2.49. The van der Waals surface area contributed by atoms with E-state index in [-0.39, 0.29) is 11.9 Å². The van der Waals surface area contributed by atoms with Crippen LogP contribution in [0.25, 0.3) is 0 Å². The highest BCUT2D eigenvalue weighted by atomic mass is 32.1. The van der Waals surface area contributed by atoms with E-state index in [0.717, 1.165) is 23.4 Å². The molecule has 0 bridgehead atoms. The number of thiophene rings is 1. The summed E-state index contributed by atoms with van der Waals surface area (Å²) in [5.41, 5.74) is 1.77. The second kappa shape index (κ2) is 5.14. The number of aromatic amines is 1. The summed E-state index contributed by atoms with van der Waals surface area (Å²) in [6.45, 7) is 3.97. The van der Waals surface area contributed by atoms with Gasteiger partial charge in [0.15, 0.2) is 0 Å². The van der Waals surface area contributed by atoms with Gasteiger partial charge in [-0.05, 0) is 24.3 Å². The Morgan fingerprint density at radius 2 is 2.41 bits per heavy atom. The lowest BCUT2D eigenvalue weighted by atomic mass is 10.1. The number of nitrogens with one attached hydrogen (secondary N) is 2. The lowest BCUT2D eigenvalue weighted by molar-refractivity contribution is 0.0934. The maximum absolute atomic E-state index is 12.0. The Labute approximate surface area is 104 Å². The van der Waals surface area contributed by atoms with Crippen LogP contribution in [0.2, 0.25) is 0 Å². The van der Waals surface area contributed by atoms with Crippen molar-refractivity contribution in [1.82, 2.24) is 15.3 Å². The number of amides is 1. The quantitative estimate of drug-likeness (QED) is 0.875. The molecule has 0 saturated carbocycles. The van der Waals surface area contributed by atoms with Crippen molar-refractivity contribution in [2.24, 2.45) is 0 Å². The van der Waals surface area contributed by atoms with Crippen molar-refractivity contribution >= 4 is 17.2 Å². The summed E-state index contributed by atoms with van der Waals surface area (Å²) >= 11 is 1.54. The van der Waals surface area contributed by atoms with Gasteiger partial charge in [-0.25, -0.2) is 4.98 Å². The van der Waals surface area contributed by atoms with E-state index < -0.39 is 0 Å². The minimum Gasteiger partial charge on any atom is -0.347 e. The number of rotatable bonds is 4. The van der Waals surface area contributed by atoms with Crippen molar-refractivity contribution < 1.29 is 4.79 Å². The lowest BCUT2D eigenvalue weighted by Crippen LogP contribution is -2.29. The normalized spacial score (nSPS) is 12.4. The summed E-state index contributed by atoms with van der Waals surface area (Å²) in [5, 5.41) is 6.84. The summed E-state index contributed by atoms with van der Waals surface area (Å²) in [6, 6.07) is -0.0585. The Morgan fingerprint density at radius 1 is 1.59 bits per heavy atom. The number of nitrogens with zero attached hydrogens (tertiary/aromatic N) is 1. The zero-order chi connectivity index (χ0) is 12.3. The van der Waals surface area contributed by atoms with Gasteiger partial charge in [0.25, 0.3) is 5.91 Å². The first-order chi connectivity index (χ1) is 8.22. The van der Waals surface area contributed by atoms with Crippen LogP contribution in [0.5, 0.6) is 0 Å². The highest BCUT2D eigenvalue weighted by molar-refractivity contribution is 7.08. The van der Waals surface area contributed by atoms with Crippen molar-refractivity contribution in [3.63, 3.8) is 0 Å². The van der Waals surface area contributed by atoms with Crippen LogP contribution in [-0.4, -0.2) is 15.9 Å². The van der Waals surface area contributed by atoms with Crippen molar-refractivity contribution in [1.29, 1.82) is 0 Å². The van der Waals surface area contributed by atoms with Gasteiger partial charge in [-0.3, -0.25) is 4.79 Å². The van der Waals surface area contributed by atoms with Gasteiger partial charge in [-0.15, -0.1) is 0 Å². The number of carbonyl (C=O) groups is 1. The van der Waals surface area contributed by atoms with Gasteiger partial charge in [-0.2, -0.15) is 11.3 Å². The van der Waals surface area contributed by atoms with Crippen LogP contribution < -0.4 is 5.32 Å². The molecule has 2 N–H and O–H groups in total. The molecule has 5 heteroatoms. The molecule has 0 aromatic carbocycles. The molecule has 2 rings (SSSR count). The number of hydrogen-bond donors (Lipinski definition) is 2. The molecule has 1 amide bonds. The SMILES string of the molecule is CCC(NC(=O)c1cscc1C)c1ncc[nH]1. The molecule has 2 aromatic heterocycles. The minimum atomic E-state index is -0.0585. The third kappa shape index (κ3) is 2.55. The number of hydrogen-bond acceptors (Lipinski definition) is 3. The molecule has 2 aromatic rings. The van der Waals surface area contributed by atoms with Gasteiger partial charge in [0.2, 0.25) is 0 Å². The molecule has 0 aliphatic heterocycles. The average molecular weight is 249 g/mol. The number of aromatic nitrogens is 2. The molecule has 1 atom stereocenters. The predicted octanol–water partition coefficient (Wildman–Crippen LogP) is 2.66. The number of H-pyrrole nitrogens is 1. The molecule has 4 nitrogen and oxygen atoms in total. The Balaban J connectivity index is 2.10. The average Bonchev–Trinajstić information content (AvgIpc) is 2.96. The van der Waals surface area contributed by atoms with E-state index in [4.69, 9.17) is 0 Å².